The molecule has 1 aromatic heterocycles. The molecule has 1 aromatic rings. The van der Waals surface area contributed by atoms with Crippen molar-refractivity contribution in [2.75, 3.05) is 13.1 Å². The van der Waals surface area contributed by atoms with Crippen LogP contribution in [0.2, 0.25) is 0 Å². The second-order valence-corrected chi connectivity index (χ2v) is 4.01. The first kappa shape index (κ1) is 10.3. The van der Waals surface area contributed by atoms with Crippen molar-refractivity contribution < 1.29 is 5.11 Å². The molecule has 1 aliphatic rings. The lowest BCUT2D eigenvalue weighted by molar-refractivity contribution is 0.216. The molecule has 1 aliphatic heterocycles. The van der Waals surface area contributed by atoms with E-state index in [2.05, 4.69) is 29.2 Å². The zero-order chi connectivity index (χ0) is 10.8. The first-order valence-electron chi connectivity index (χ1n) is 5.18. The molecular formula is C10H16N4O. The van der Waals surface area contributed by atoms with Crippen LogP contribution in [-0.4, -0.2) is 39.1 Å². The molecule has 0 amide bonds. The Labute approximate surface area is 88.8 Å². The summed E-state index contributed by atoms with van der Waals surface area (Å²) in [6.45, 7) is 5.47. The van der Waals surface area contributed by atoms with E-state index in [9.17, 15) is 5.11 Å². The molecule has 1 unspecified atom stereocenters. The fraction of sp³-hybridized carbons (Fsp3) is 0.600. The number of rotatable bonds is 2. The van der Waals surface area contributed by atoms with Crippen molar-refractivity contribution in [2.45, 2.75) is 26.0 Å². The molecule has 0 fully saturated rings. The van der Waals surface area contributed by atoms with Gasteiger partial charge in [0.25, 0.3) is 0 Å². The summed E-state index contributed by atoms with van der Waals surface area (Å²) in [5, 5.41) is 16.8. The number of hydrogen-bond donors (Lipinski definition) is 2. The van der Waals surface area contributed by atoms with Crippen LogP contribution in [-0.2, 0) is 0 Å². The number of nitrogens with one attached hydrogen (secondary N) is 1. The molecule has 0 aliphatic carbocycles. The van der Waals surface area contributed by atoms with Gasteiger partial charge in [-0.1, -0.05) is 0 Å². The summed E-state index contributed by atoms with van der Waals surface area (Å²) < 4.78 is 1.87. The monoisotopic (exact) mass is 208 g/mol. The number of aliphatic hydroxyl groups is 1. The average Bonchev–Trinajstić information content (AvgIpc) is 2.65. The van der Waals surface area contributed by atoms with Crippen molar-refractivity contribution in [3.63, 3.8) is 0 Å². The van der Waals surface area contributed by atoms with E-state index in [1.165, 1.54) is 0 Å². The Morgan fingerprint density at radius 3 is 3.07 bits per heavy atom. The second kappa shape index (κ2) is 4.12. The molecule has 5 heteroatoms. The van der Waals surface area contributed by atoms with Crippen LogP contribution in [0.1, 0.15) is 25.7 Å². The summed E-state index contributed by atoms with van der Waals surface area (Å²) in [5.41, 5.74) is 1.01. The van der Waals surface area contributed by atoms with Crippen molar-refractivity contribution >= 4 is 5.57 Å². The summed E-state index contributed by atoms with van der Waals surface area (Å²) in [6, 6.07) is 0.280. The van der Waals surface area contributed by atoms with E-state index in [-0.39, 0.29) is 6.04 Å². The predicted molar refractivity (Wildman–Crippen MR) is 57.3 cm³/mol. The third kappa shape index (κ3) is 2.08. The maximum Gasteiger partial charge on any atom is 0.155 e. The first-order valence-corrected chi connectivity index (χ1v) is 5.18. The fourth-order valence-corrected chi connectivity index (χ4v) is 1.72. The summed E-state index contributed by atoms with van der Waals surface area (Å²) >= 11 is 0. The van der Waals surface area contributed by atoms with Crippen LogP contribution < -0.4 is 5.32 Å². The highest BCUT2D eigenvalue weighted by Gasteiger charge is 2.17. The first-order chi connectivity index (χ1) is 7.18. The van der Waals surface area contributed by atoms with Gasteiger partial charge in [-0.25, -0.2) is 9.67 Å². The molecule has 0 saturated heterocycles. The third-order valence-corrected chi connectivity index (χ3v) is 2.41. The molecule has 15 heavy (non-hydrogen) atoms. The summed E-state index contributed by atoms with van der Waals surface area (Å²) in [4.78, 5) is 4.23. The topological polar surface area (TPSA) is 63.0 Å². The van der Waals surface area contributed by atoms with Crippen molar-refractivity contribution in [3.05, 3.63) is 18.2 Å². The molecule has 5 nitrogen and oxygen atoms in total. The molecular weight excluding hydrogens is 192 g/mol. The van der Waals surface area contributed by atoms with Crippen LogP contribution in [0, 0.1) is 0 Å². The lowest BCUT2D eigenvalue weighted by Crippen LogP contribution is -2.32. The van der Waals surface area contributed by atoms with Gasteiger partial charge in [-0.05, 0) is 19.9 Å². The maximum atomic E-state index is 9.51. The van der Waals surface area contributed by atoms with E-state index in [1.807, 2.05) is 10.8 Å². The van der Waals surface area contributed by atoms with Crippen LogP contribution in [0.25, 0.3) is 5.57 Å². The van der Waals surface area contributed by atoms with Gasteiger partial charge >= 0.3 is 0 Å². The molecule has 2 heterocycles. The van der Waals surface area contributed by atoms with Gasteiger partial charge in [0.2, 0.25) is 0 Å². The molecule has 0 aromatic carbocycles. The Balaban J connectivity index is 2.32. The molecule has 0 radical (unpaired) electrons. The lowest BCUT2D eigenvalue weighted by atomic mass is 10.1. The van der Waals surface area contributed by atoms with E-state index in [0.717, 1.165) is 17.9 Å². The highest BCUT2D eigenvalue weighted by Crippen LogP contribution is 2.17. The molecule has 0 bridgehead atoms. The van der Waals surface area contributed by atoms with Crippen molar-refractivity contribution in [3.8, 4) is 0 Å². The van der Waals surface area contributed by atoms with E-state index in [4.69, 9.17) is 0 Å². The quantitative estimate of drug-likeness (QED) is 0.729. The standard InChI is InChI=1S/C10H16N4O/c1-7(2)14-10(12-6-13-14)8-3-9(15)5-11-4-8/h3,6-7,9,11,15H,4-5H2,1-2H3. The Bertz CT molecular complexity index is 369. The van der Waals surface area contributed by atoms with Gasteiger partial charge in [0, 0.05) is 24.7 Å². The normalized spacial score (nSPS) is 21.9. The van der Waals surface area contributed by atoms with Crippen LogP contribution in [0.3, 0.4) is 0 Å². The van der Waals surface area contributed by atoms with Gasteiger partial charge in [0.1, 0.15) is 6.33 Å². The maximum absolute atomic E-state index is 9.51. The SMILES string of the molecule is CC(C)n1ncnc1C1=CC(O)CNC1. The number of aromatic nitrogens is 3. The van der Waals surface area contributed by atoms with Crippen LogP contribution in [0.4, 0.5) is 0 Å². The molecule has 0 saturated carbocycles. The van der Waals surface area contributed by atoms with E-state index in [0.29, 0.717) is 6.54 Å². The van der Waals surface area contributed by atoms with Crippen LogP contribution in [0.5, 0.6) is 0 Å². The zero-order valence-corrected chi connectivity index (χ0v) is 9.01. The largest absolute Gasteiger partial charge is 0.388 e. The second-order valence-electron chi connectivity index (χ2n) is 4.01. The molecule has 2 rings (SSSR count). The lowest BCUT2D eigenvalue weighted by Gasteiger charge is -2.19. The van der Waals surface area contributed by atoms with Crippen molar-refractivity contribution in [2.24, 2.45) is 0 Å². The van der Waals surface area contributed by atoms with Crippen molar-refractivity contribution in [1.82, 2.24) is 20.1 Å². The summed E-state index contributed by atoms with van der Waals surface area (Å²) in [6.07, 6.45) is 2.97. The average molecular weight is 208 g/mol. The third-order valence-electron chi connectivity index (χ3n) is 2.41. The molecule has 1 atom stereocenters. The summed E-state index contributed by atoms with van der Waals surface area (Å²) in [7, 11) is 0. The van der Waals surface area contributed by atoms with Gasteiger partial charge < -0.3 is 10.4 Å². The van der Waals surface area contributed by atoms with Gasteiger partial charge in [-0.2, -0.15) is 5.10 Å². The number of β-amino-alcohol motifs (C(OH)–C–C–N with tert-alkyl or cyclic N) is 1. The molecule has 0 spiro atoms. The Kier molecular flexibility index (Phi) is 2.83. The van der Waals surface area contributed by atoms with Gasteiger partial charge in [-0.3, -0.25) is 0 Å². The van der Waals surface area contributed by atoms with E-state index < -0.39 is 6.10 Å². The minimum absolute atomic E-state index is 0.280. The minimum Gasteiger partial charge on any atom is -0.388 e. The predicted octanol–water partition coefficient (Wildman–Crippen LogP) is 0.206. The van der Waals surface area contributed by atoms with Crippen LogP contribution >= 0.6 is 0 Å². The molecule has 82 valence electrons. The van der Waals surface area contributed by atoms with Crippen molar-refractivity contribution in [1.29, 1.82) is 0 Å². The van der Waals surface area contributed by atoms with Crippen LogP contribution in [0.15, 0.2) is 12.4 Å². The Morgan fingerprint density at radius 2 is 2.40 bits per heavy atom. The summed E-state index contributed by atoms with van der Waals surface area (Å²) in [5.74, 6) is 0.844. The minimum atomic E-state index is -0.425. The smallest absolute Gasteiger partial charge is 0.155 e. The zero-order valence-electron chi connectivity index (χ0n) is 9.01. The fourth-order valence-electron chi connectivity index (χ4n) is 1.72. The number of nitrogens with zero attached hydrogens (tertiary/aromatic N) is 3. The van der Waals surface area contributed by atoms with E-state index >= 15 is 0 Å². The van der Waals surface area contributed by atoms with Gasteiger partial charge in [-0.15, -0.1) is 0 Å². The van der Waals surface area contributed by atoms with E-state index in [1.54, 1.807) is 6.33 Å². The highest BCUT2D eigenvalue weighted by molar-refractivity contribution is 5.63. The Hall–Kier alpha value is -1.20. The molecule has 2 N–H and O–H groups in total. The number of hydrogen-bond acceptors (Lipinski definition) is 4. The van der Waals surface area contributed by atoms with Gasteiger partial charge in [0.05, 0.1) is 6.10 Å². The number of aliphatic hydroxyl groups excluding tert-OH is 1. The highest BCUT2D eigenvalue weighted by atomic mass is 16.3. The Morgan fingerprint density at radius 1 is 1.60 bits per heavy atom. The van der Waals surface area contributed by atoms with Gasteiger partial charge in [0.15, 0.2) is 5.82 Å².